The van der Waals surface area contributed by atoms with Gasteiger partial charge in [0.2, 0.25) is 0 Å². The standard InChI is InChI=1S/C15H24N2O/c1-15(16,13-7-4-3-5-8-13)12-17-10-6-9-14(11-17)18-2/h3-5,7-8,14H,6,9-12,16H2,1-2H3. The van der Waals surface area contributed by atoms with Crippen molar-refractivity contribution in [3.05, 3.63) is 35.9 Å². The van der Waals surface area contributed by atoms with E-state index in [0.29, 0.717) is 6.10 Å². The Morgan fingerprint density at radius 3 is 2.78 bits per heavy atom. The molecule has 0 spiro atoms. The van der Waals surface area contributed by atoms with Crippen LogP contribution in [0.2, 0.25) is 0 Å². The second-order valence-corrected chi connectivity index (χ2v) is 5.52. The van der Waals surface area contributed by atoms with Gasteiger partial charge in [-0.15, -0.1) is 0 Å². The molecule has 1 aliphatic heterocycles. The lowest BCUT2D eigenvalue weighted by Crippen LogP contribution is -2.49. The highest BCUT2D eigenvalue weighted by atomic mass is 16.5. The number of nitrogens with zero attached hydrogens (tertiary/aromatic N) is 1. The molecule has 1 aromatic carbocycles. The normalized spacial score (nSPS) is 24.7. The Balaban J connectivity index is 1.99. The maximum Gasteiger partial charge on any atom is 0.0698 e. The zero-order valence-corrected chi connectivity index (χ0v) is 11.4. The Kier molecular flexibility index (Phi) is 4.38. The summed E-state index contributed by atoms with van der Waals surface area (Å²) < 4.78 is 5.46. The number of rotatable bonds is 4. The lowest BCUT2D eigenvalue weighted by molar-refractivity contribution is 0.0242. The third-order valence-corrected chi connectivity index (χ3v) is 3.78. The first kappa shape index (κ1) is 13.5. The SMILES string of the molecule is COC1CCCN(CC(C)(N)c2ccccc2)C1. The average Bonchev–Trinajstić information content (AvgIpc) is 2.39. The van der Waals surface area contributed by atoms with Crippen molar-refractivity contribution in [2.75, 3.05) is 26.7 Å². The summed E-state index contributed by atoms with van der Waals surface area (Å²) in [7, 11) is 1.80. The summed E-state index contributed by atoms with van der Waals surface area (Å²) in [5.41, 5.74) is 7.38. The molecule has 2 unspecified atom stereocenters. The predicted octanol–water partition coefficient (Wildman–Crippen LogP) is 1.97. The van der Waals surface area contributed by atoms with Gasteiger partial charge in [0.05, 0.1) is 11.6 Å². The number of benzene rings is 1. The van der Waals surface area contributed by atoms with Crippen LogP contribution in [0.3, 0.4) is 0 Å². The third kappa shape index (κ3) is 3.31. The summed E-state index contributed by atoms with van der Waals surface area (Å²) in [6.45, 7) is 5.12. The molecular weight excluding hydrogens is 224 g/mol. The van der Waals surface area contributed by atoms with Gasteiger partial charge in [0.1, 0.15) is 0 Å². The van der Waals surface area contributed by atoms with Crippen LogP contribution in [0.4, 0.5) is 0 Å². The van der Waals surface area contributed by atoms with E-state index in [4.69, 9.17) is 10.5 Å². The number of ether oxygens (including phenoxy) is 1. The molecule has 0 amide bonds. The van der Waals surface area contributed by atoms with E-state index in [1.54, 1.807) is 7.11 Å². The molecule has 1 aromatic rings. The van der Waals surface area contributed by atoms with Gasteiger partial charge in [-0.25, -0.2) is 0 Å². The monoisotopic (exact) mass is 248 g/mol. The van der Waals surface area contributed by atoms with Crippen LogP contribution in [-0.4, -0.2) is 37.7 Å². The van der Waals surface area contributed by atoms with Crippen LogP contribution in [0, 0.1) is 0 Å². The lowest BCUT2D eigenvalue weighted by Gasteiger charge is -2.37. The molecule has 18 heavy (non-hydrogen) atoms. The maximum absolute atomic E-state index is 6.47. The fraction of sp³-hybridized carbons (Fsp3) is 0.600. The minimum atomic E-state index is -0.295. The molecule has 2 rings (SSSR count). The van der Waals surface area contributed by atoms with E-state index in [9.17, 15) is 0 Å². The van der Waals surface area contributed by atoms with Crippen LogP contribution in [0.1, 0.15) is 25.3 Å². The van der Waals surface area contributed by atoms with Crippen molar-refractivity contribution < 1.29 is 4.74 Å². The fourth-order valence-electron chi connectivity index (χ4n) is 2.72. The highest BCUT2D eigenvalue weighted by molar-refractivity contribution is 5.23. The number of hydrogen-bond donors (Lipinski definition) is 1. The van der Waals surface area contributed by atoms with Crippen molar-refractivity contribution in [3.63, 3.8) is 0 Å². The van der Waals surface area contributed by atoms with Gasteiger partial charge in [0.15, 0.2) is 0 Å². The molecule has 1 heterocycles. The van der Waals surface area contributed by atoms with Gasteiger partial charge in [0.25, 0.3) is 0 Å². The van der Waals surface area contributed by atoms with Crippen LogP contribution in [0.15, 0.2) is 30.3 Å². The molecule has 3 heteroatoms. The Morgan fingerprint density at radius 2 is 2.11 bits per heavy atom. The summed E-state index contributed by atoms with van der Waals surface area (Å²) in [5, 5.41) is 0. The first-order chi connectivity index (χ1) is 8.62. The lowest BCUT2D eigenvalue weighted by atomic mass is 9.91. The zero-order valence-electron chi connectivity index (χ0n) is 11.4. The second kappa shape index (κ2) is 5.83. The summed E-state index contributed by atoms with van der Waals surface area (Å²) in [4.78, 5) is 2.42. The van der Waals surface area contributed by atoms with Crippen molar-refractivity contribution in [2.24, 2.45) is 5.73 Å². The van der Waals surface area contributed by atoms with Gasteiger partial charge >= 0.3 is 0 Å². The molecule has 0 aliphatic carbocycles. The fourth-order valence-corrected chi connectivity index (χ4v) is 2.72. The van der Waals surface area contributed by atoms with Gasteiger partial charge < -0.3 is 10.5 Å². The minimum absolute atomic E-state index is 0.295. The number of nitrogens with two attached hydrogens (primary N) is 1. The van der Waals surface area contributed by atoms with E-state index < -0.39 is 0 Å². The smallest absolute Gasteiger partial charge is 0.0698 e. The molecule has 3 nitrogen and oxygen atoms in total. The molecule has 100 valence electrons. The van der Waals surface area contributed by atoms with Crippen LogP contribution in [0.25, 0.3) is 0 Å². The summed E-state index contributed by atoms with van der Waals surface area (Å²) in [6.07, 6.45) is 2.73. The van der Waals surface area contributed by atoms with Crippen molar-refractivity contribution in [1.82, 2.24) is 4.90 Å². The number of piperidine rings is 1. The largest absolute Gasteiger partial charge is 0.380 e. The molecule has 1 aliphatic rings. The van der Waals surface area contributed by atoms with E-state index >= 15 is 0 Å². The van der Waals surface area contributed by atoms with E-state index in [1.807, 2.05) is 6.07 Å². The van der Waals surface area contributed by atoms with Gasteiger partial charge in [0, 0.05) is 20.2 Å². The first-order valence-corrected chi connectivity index (χ1v) is 6.71. The van der Waals surface area contributed by atoms with Crippen LogP contribution >= 0.6 is 0 Å². The number of hydrogen-bond acceptors (Lipinski definition) is 3. The van der Waals surface area contributed by atoms with Crippen LogP contribution < -0.4 is 5.73 Å². The molecule has 2 N–H and O–H groups in total. The van der Waals surface area contributed by atoms with Gasteiger partial charge in [-0.3, -0.25) is 4.90 Å². The first-order valence-electron chi connectivity index (χ1n) is 6.71. The molecule has 1 saturated heterocycles. The summed E-state index contributed by atoms with van der Waals surface area (Å²) in [6, 6.07) is 10.3. The Morgan fingerprint density at radius 1 is 1.39 bits per heavy atom. The van der Waals surface area contributed by atoms with Gasteiger partial charge in [-0.05, 0) is 31.9 Å². The quantitative estimate of drug-likeness (QED) is 0.885. The summed E-state index contributed by atoms with van der Waals surface area (Å²) in [5.74, 6) is 0. The highest BCUT2D eigenvalue weighted by Gasteiger charge is 2.27. The van der Waals surface area contributed by atoms with Crippen LogP contribution in [-0.2, 0) is 10.3 Å². The maximum atomic E-state index is 6.47. The molecule has 0 aromatic heterocycles. The molecular formula is C15H24N2O. The molecule has 0 saturated carbocycles. The summed E-state index contributed by atoms with van der Waals surface area (Å²) >= 11 is 0. The van der Waals surface area contributed by atoms with Gasteiger partial charge in [-0.1, -0.05) is 30.3 Å². The highest BCUT2D eigenvalue weighted by Crippen LogP contribution is 2.21. The van der Waals surface area contributed by atoms with Crippen molar-refractivity contribution in [1.29, 1.82) is 0 Å². The van der Waals surface area contributed by atoms with Crippen molar-refractivity contribution in [2.45, 2.75) is 31.4 Å². The Bertz CT molecular complexity index is 364. The Hall–Kier alpha value is -0.900. The van der Waals surface area contributed by atoms with Crippen molar-refractivity contribution in [3.8, 4) is 0 Å². The van der Waals surface area contributed by atoms with E-state index in [-0.39, 0.29) is 5.54 Å². The molecule has 1 fully saturated rings. The average molecular weight is 248 g/mol. The van der Waals surface area contributed by atoms with Gasteiger partial charge in [-0.2, -0.15) is 0 Å². The zero-order chi connectivity index (χ0) is 13.0. The van der Waals surface area contributed by atoms with Crippen molar-refractivity contribution >= 4 is 0 Å². The minimum Gasteiger partial charge on any atom is -0.380 e. The predicted molar refractivity (Wildman–Crippen MR) is 74.5 cm³/mol. The molecule has 0 radical (unpaired) electrons. The van der Waals surface area contributed by atoms with E-state index in [2.05, 4.69) is 36.1 Å². The molecule has 0 bridgehead atoms. The number of likely N-dealkylation sites (tertiary alicyclic amines) is 1. The number of methoxy groups -OCH3 is 1. The van der Waals surface area contributed by atoms with Crippen LogP contribution in [0.5, 0.6) is 0 Å². The van der Waals surface area contributed by atoms with E-state index in [1.165, 1.54) is 18.4 Å². The topological polar surface area (TPSA) is 38.5 Å². The third-order valence-electron chi connectivity index (χ3n) is 3.78. The molecule has 2 atom stereocenters. The van der Waals surface area contributed by atoms with E-state index in [0.717, 1.165) is 19.6 Å². The Labute approximate surface area is 110 Å². The second-order valence-electron chi connectivity index (χ2n) is 5.52.